The molecule has 1 aromatic carbocycles. The molecule has 0 aliphatic rings. The van der Waals surface area contributed by atoms with Gasteiger partial charge in [-0.1, -0.05) is 18.2 Å². The van der Waals surface area contributed by atoms with Crippen LogP contribution in [-0.4, -0.2) is 21.1 Å². The van der Waals surface area contributed by atoms with Crippen molar-refractivity contribution < 1.29 is 4.79 Å². The molecule has 0 spiro atoms. The molecule has 104 valence electrons. The molecular weight excluding hydrogens is 268 g/mol. The van der Waals surface area contributed by atoms with Gasteiger partial charge >= 0.3 is 0 Å². The van der Waals surface area contributed by atoms with E-state index in [0.29, 0.717) is 16.7 Å². The lowest BCUT2D eigenvalue weighted by Crippen LogP contribution is -2.25. The molecule has 0 fully saturated rings. The van der Waals surface area contributed by atoms with Gasteiger partial charge in [-0.25, -0.2) is 4.98 Å². The van der Waals surface area contributed by atoms with Crippen molar-refractivity contribution in [3.05, 3.63) is 64.1 Å². The maximum atomic E-state index is 12.4. The van der Waals surface area contributed by atoms with E-state index in [9.17, 15) is 9.59 Å². The fourth-order valence-electron chi connectivity index (χ4n) is 2.11. The molecule has 0 aliphatic carbocycles. The monoisotopic (exact) mass is 280 g/mol. The molecule has 6 nitrogen and oxygen atoms in total. The average molecular weight is 280 g/mol. The highest BCUT2D eigenvalue weighted by Crippen LogP contribution is 2.12. The van der Waals surface area contributed by atoms with E-state index in [1.54, 1.807) is 30.5 Å². The number of aromatic amines is 1. The predicted octanol–water partition coefficient (Wildman–Crippen LogP) is 1.88. The van der Waals surface area contributed by atoms with Crippen molar-refractivity contribution >= 4 is 22.6 Å². The Labute approximate surface area is 119 Å². The lowest BCUT2D eigenvalue weighted by Gasteiger charge is -2.05. The van der Waals surface area contributed by atoms with Gasteiger partial charge in [0.05, 0.1) is 10.9 Å². The molecule has 0 aliphatic heterocycles. The number of carbonyl (C=O) groups is 1. The van der Waals surface area contributed by atoms with Gasteiger partial charge in [0, 0.05) is 6.20 Å². The van der Waals surface area contributed by atoms with Gasteiger partial charge in [0.1, 0.15) is 5.82 Å². The van der Waals surface area contributed by atoms with E-state index in [2.05, 4.69) is 20.5 Å². The van der Waals surface area contributed by atoms with Crippen molar-refractivity contribution in [3.63, 3.8) is 0 Å². The number of fused-ring (bicyclic) bond motifs is 1. The number of aryl methyl sites for hydroxylation is 1. The van der Waals surface area contributed by atoms with Crippen LogP contribution in [0.4, 0.5) is 5.82 Å². The van der Waals surface area contributed by atoms with Crippen molar-refractivity contribution in [2.45, 2.75) is 6.92 Å². The molecule has 0 radical (unpaired) electrons. The number of carbonyl (C=O) groups excluding carboxylic acids is 1. The number of benzene rings is 1. The van der Waals surface area contributed by atoms with Gasteiger partial charge in [-0.3, -0.25) is 14.7 Å². The molecule has 0 saturated carbocycles. The van der Waals surface area contributed by atoms with Gasteiger partial charge in [0.25, 0.3) is 5.91 Å². The van der Waals surface area contributed by atoms with Gasteiger partial charge in [-0.05, 0) is 30.7 Å². The SMILES string of the molecule is Cc1cccc2[nH]nc(C(=O)Nc3ccccn3)c(=O)c12. The summed E-state index contributed by atoms with van der Waals surface area (Å²) < 4.78 is 0. The summed E-state index contributed by atoms with van der Waals surface area (Å²) in [4.78, 5) is 28.6. The molecule has 1 amide bonds. The highest BCUT2D eigenvalue weighted by Gasteiger charge is 2.16. The molecule has 0 saturated heterocycles. The topological polar surface area (TPSA) is 87.7 Å². The molecule has 3 rings (SSSR count). The quantitative estimate of drug-likeness (QED) is 0.750. The summed E-state index contributed by atoms with van der Waals surface area (Å²) in [5.41, 5.74) is 0.829. The number of H-pyrrole nitrogens is 1. The zero-order valence-electron chi connectivity index (χ0n) is 11.3. The Bertz CT molecular complexity index is 872. The molecule has 2 heterocycles. The number of anilines is 1. The summed E-state index contributed by atoms with van der Waals surface area (Å²) in [7, 11) is 0. The highest BCUT2D eigenvalue weighted by atomic mass is 16.2. The van der Waals surface area contributed by atoms with Gasteiger partial charge in [0.2, 0.25) is 5.43 Å². The maximum Gasteiger partial charge on any atom is 0.281 e. The third kappa shape index (κ3) is 2.38. The minimum Gasteiger partial charge on any atom is -0.305 e. The van der Waals surface area contributed by atoms with Crippen LogP contribution in [0.2, 0.25) is 0 Å². The van der Waals surface area contributed by atoms with Crippen LogP contribution in [0.3, 0.4) is 0 Å². The van der Waals surface area contributed by atoms with E-state index in [-0.39, 0.29) is 5.69 Å². The van der Waals surface area contributed by atoms with Crippen LogP contribution >= 0.6 is 0 Å². The van der Waals surface area contributed by atoms with Crippen molar-refractivity contribution in [1.82, 2.24) is 15.2 Å². The molecule has 6 heteroatoms. The van der Waals surface area contributed by atoms with Gasteiger partial charge in [-0.15, -0.1) is 0 Å². The molecule has 21 heavy (non-hydrogen) atoms. The van der Waals surface area contributed by atoms with E-state index < -0.39 is 11.3 Å². The number of amides is 1. The summed E-state index contributed by atoms with van der Waals surface area (Å²) >= 11 is 0. The van der Waals surface area contributed by atoms with Gasteiger partial charge in [0.15, 0.2) is 5.69 Å². The third-order valence-corrected chi connectivity index (χ3v) is 3.12. The number of hydrogen-bond donors (Lipinski definition) is 2. The molecule has 0 atom stereocenters. The number of aromatic nitrogens is 3. The Hall–Kier alpha value is -3.02. The lowest BCUT2D eigenvalue weighted by atomic mass is 10.1. The molecule has 0 unspecified atom stereocenters. The summed E-state index contributed by atoms with van der Waals surface area (Å²) in [6, 6.07) is 10.5. The van der Waals surface area contributed by atoms with Crippen LogP contribution in [0, 0.1) is 6.92 Å². The molecule has 2 aromatic heterocycles. The first-order valence-electron chi connectivity index (χ1n) is 6.37. The minimum absolute atomic E-state index is 0.178. The van der Waals surface area contributed by atoms with E-state index in [1.807, 2.05) is 19.1 Å². The van der Waals surface area contributed by atoms with Crippen molar-refractivity contribution in [1.29, 1.82) is 0 Å². The summed E-state index contributed by atoms with van der Waals surface area (Å²) in [5, 5.41) is 9.62. The Morgan fingerprint density at radius 2 is 2.05 bits per heavy atom. The highest BCUT2D eigenvalue weighted by molar-refractivity contribution is 6.03. The molecule has 2 N–H and O–H groups in total. The fraction of sp³-hybridized carbons (Fsp3) is 0.0667. The van der Waals surface area contributed by atoms with Crippen LogP contribution in [0.1, 0.15) is 16.1 Å². The van der Waals surface area contributed by atoms with E-state index in [4.69, 9.17) is 0 Å². The van der Waals surface area contributed by atoms with Crippen LogP contribution in [0.15, 0.2) is 47.4 Å². The molecular formula is C15H12N4O2. The standard InChI is InChI=1S/C15H12N4O2/c1-9-5-4-6-10-12(9)14(20)13(19-18-10)15(21)17-11-7-2-3-8-16-11/h2-8H,1H3,(H,18,20)(H,16,17,21). The molecule has 3 aromatic rings. The summed E-state index contributed by atoms with van der Waals surface area (Å²) in [6.45, 7) is 1.82. The second-order valence-electron chi connectivity index (χ2n) is 4.57. The van der Waals surface area contributed by atoms with Crippen molar-refractivity contribution in [2.24, 2.45) is 0 Å². The van der Waals surface area contributed by atoms with Crippen molar-refractivity contribution in [3.8, 4) is 0 Å². The van der Waals surface area contributed by atoms with Gasteiger partial charge in [-0.2, -0.15) is 5.10 Å². The summed E-state index contributed by atoms with van der Waals surface area (Å²) in [5.74, 6) is -0.214. The van der Waals surface area contributed by atoms with Crippen molar-refractivity contribution in [2.75, 3.05) is 5.32 Å². The number of hydrogen-bond acceptors (Lipinski definition) is 4. The van der Waals surface area contributed by atoms with E-state index >= 15 is 0 Å². The normalized spacial score (nSPS) is 10.5. The van der Waals surface area contributed by atoms with Crippen LogP contribution in [0.5, 0.6) is 0 Å². The lowest BCUT2D eigenvalue weighted by molar-refractivity contribution is 0.102. The minimum atomic E-state index is -0.583. The fourth-order valence-corrected chi connectivity index (χ4v) is 2.11. The van der Waals surface area contributed by atoms with E-state index in [1.165, 1.54) is 0 Å². The van der Waals surface area contributed by atoms with Crippen LogP contribution in [0.25, 0.3) is 10.9 Å². The first kappa shape index (κ1) is 13.0. The second kappa shape index (κ2) is 5.16. The number of nitrogens with zero attached hydrogens (tertiary/aromatic N) is 2. The number of nitrogens with one attached hydrogen (secondary N) is 2. The Kier molecular flexibility index (Phi) is 3.19. The second-order valence-corrected chi connectivity index (χ2v) is 4.57. The van der Waals surface area contributed by atoms with Gasteiger partial charge < -0.3 is 5.32 Å². The Morgan fingerprint density at radius 1 is 1.19 bits per heavy atom. The molecule has 0 bridgehead atoms. The zero-order valence-corrected chi connectivity index (χ0v) is 11.3. The van der Waals surface area contributed by atoms with Crippen LogP contribution in [-0.2, 0) is 0 Å². The largest absolute Gasteiger partial charge is 0.305 e. The average Bonchev–Trinajstić information content (AvgIpc) is 2.48. The predicted molar refractivity (Wildman–Crippen MR) is 79.3 cm³/mol. The Morgan fingerprint density at radius 3 is 2.81 bits per heavy atom. The maximum absolute atomic E-state index is 12.4. The first-order chi connectivity index (χ1) is 10.2. The number of rotatable bonds is 2. The summed E-state index contributed by atoms with van der Waals surface area (Å²) in [6.07, 6.45) is 1.55. The third-order valence-electron chi connectivity index (χ3n) is 3.12. The van der Waals surface area contributed by atoms with Crippen LogP contribution < -0.4 is 10.7 Å². The zero-order chi connectivity index (χ0) is 14.8. The smallest absolute Gasteiger partial charge is 0.281 e. The van der Waals surface area contributed by atoms with E-state index in [0.717, 1.165) is 5.56 Å². The Balaban J connectivity index is 2.05. The first-order valence-corrected chi connectivity index (χ1v) is 6.37. The number of pyridine rings is 1.